The summed E-state index contributed by atoms with van der Waals surface area (Å²) in [5.41, 5.74) is -3.63. The molecule has 0 aromatic heterocycles. The van der Waals surface area contributed by atoms with Gasteiger partial charge in [0.1, 0.15) is 0 Å². The minimum Gasteiger partial charge on any atom is -0.481 e. The van der Waals surface area contributed by atoms with Crippen LogP contribution in [-0.2, 0) is 4.79 Å². The van der Waals surface area contributed by atoms with Crippen molar-refractivity contribution in [2.75, 3.05) is 6.54 Å². The predicted molar refractivity (Wildman–Crippen MR) is 45.3 cm³/mol. The molecule has 86 valence electrons. The molecule has 1 aliphatic heterocycles. The van der Waals surface area contributed by atoms with Crippen molar-refractivity contribution >= 4 is 5.97 Å². The minimum absolute atomic E-state index is 0.263. The van der Waals surface area contributed by atoms with E-state index in [0.29, 0.717) is 6.42 Å². The van der Waals surface area contributed by atoms with E-state index >= 15 is 0 Å². The molecule has 0 aromatic carbocycles. The molecule has 0 amide bonds. The lowest BCUT2D eigenvalue weighted by atomic mass is 9.88. The maximum atomic E-state index is 12.8. The lowest BCUT2D eigenvalue weighted by Gasteiger charge is -2.20. The first-order chi connectivity index (χ1) is 6.82. The van der Waals surface area contributed by atoms with Crippen LogP contribution in [0.1, 0.15) is 19.8 Å². The van der Waals surface area contributed by atoms with Crippen LogP contribution in [0.3, 0.4) is 0 Å². The van der Waals surface area contributed by atoms with Crippen LogP contribution in [0.2, 0.25) is 0 Å². The number of rotatable bonds is 2. The molecule has 6 heteroatoms. The van der Waals surface area contributed by atoms with Gasteiger partial charge in [-0.05, 0) is 12.8 Å². The lowest BCUT2D eigenvalue weighted by molar-refractivity contribution is -0.195. The third kappa shape index (κ3) is 0.979. The molecule has 3 nitrogen and oxygen atoms in total. The van der Waals surface area contributed by atoms with Gasteiger partial charge in [-0.15, -0.1) is 0 Å². The van der Waals surface area contributed by atoms with Crippen molar-refractivity contribution in [1.82, 2.24) is 5.32 Å². The van der Waals surface area contributed by atoms with Gasteiger partial charge in [0.25, 0.3) is 0 Å². The highest BCUT2D eigenvalue weighted by Crippen LogP contribution is 2.75. The van der Waals surface area contributed by atoms with Gasteiger partial charge in [-0.2, -0.15) is 13.2 Å². The van der Waals surface area contributed by atoms with Gasteiger partial charge in [-0.1, -0.05) is 6.92 Å². The molecule has 2 N–H and O–H groups in total. The fourth-order valence-corrected chi connectivity index (χ4v) is 2.96. The van der Waals surface area contributed by atoms with Crippen molar-refractivity contribution < 1.29 is 23.1 Å². The standard InChI is InChI=1S/C9H12F3NO2/c1-2-5-8(6(14)15)3-7(8,4-13-5)9(10,11)12/h5,13H,2-4H2,1H3,(H,14,15). The van der Waals surface area contributed by atoms with Crippen LogP contribution in [0.25, 0.3) is 0 Å². The molecule has 3 unspecified atom stereocenters. The zero-order chi connectivity index (χ0) is 11.5. The van der Waals surface area contributed by atoms with Gasteiger partial charge in [0.05, 0.1) is 10.8 Å². The van der Waals surface area contributed by atoms with E-state index in [4.69, 9.17) is 5.11 Å². The first-order valence-electron chi connectivity index (χ1n) is 4.85. The van der Waals surface area contributed by atoms with Crippen LogP contribution < -0.4 is 5.32 Å². The monoisotopic (exact) mass is 223 g/mol. The van der Waals surface area contributed by atoms with Gasteiger partial charge in [0.15, 0.2) is 0 Å². The third-order valence-electron chi connectivity index (χ3n) is 3.89. The van der Waals surface area contributed by atoms with E-state index in [9.17, 15) is 18.0 Å². The molecule has 1 heterocycles. The van der Waals surface area contributed by atoms with Crippen molar-refractivity contribution in [2.45, 2.75) is 32.0 Å². The summed E-state index contributed by atoms with van der Waals surface area (Å²) in [6.45, 7) is 1.44. The van der Waals surface area contributed by atoms with E-state index in [1.165, 1.54) is 0 Å². The smallest absolute Gasteiger partial charge is 0.396 e. The zero-order valence-electron chi connectivity index (χ0n) is 8.19. The highest BCUT2D eigenvalue weighted by atomic mass is 19.4. The first kappa shape index (κ1) is 10.7. The number of carboxylic acids is 1. The van der Waals surface area contributed by atoms with Crippen LogP contribution >= 0.6 is 0 Å². The summed E-state index contributed by atoms with van der Waals surface area (Å²) in [7, 11) is 0. The largest absolute Gasteiger partial charge is 0.481 e. The highest BCUT2D eigenvalue weighted by molar-refractivity contribution is 5.82. The molecule has 1 saturated carbocycles. The SMILES string of the molecule is CCC1NCC2(C(F)(F)F)CC12C(=O)O. The second kappa shape index (κ2) is 2.66. The number of fused-ring (bicyclic) bond motifs is 1. The van der Waals surface area contributed by atoms with Crippen LogP contribution in [-0.4, -0.2) is 29.8 Å². The molecular formula is C9H12F3NO2. The van der Waals surface area contributed by atoms with Crippen molar-refractivity contribution in [3.8, 4) is 0 Å². The Kier molecular flexibility index (Phi) is 1.91. The van der Waals surface area contributed by atoms with Gasteiger partial charge < -0.3 is 10.4 Å². The van der Waals surface area contributed by atoms with E-state index < -0.39 is 29.0 Å². The first-order valence-corrected chi connectivity index (χ1v) is 4.85. The van der Waals surface area contributed by atoms with E-state index in [-0.39, 0.29) is 13.0 Å². The molecule has 1 saturated heterocycles. The average molecular weight is 223 g/mol. The summed E-state index contributed by atoms with van der Waals surface area (Å²) < 4.78 is 38.4. The molecule has 15 heavy (non-hydrogen) atoms. The molecule has 0 radical (unpaired) electrons. The van der Waals surface area contributed by atoms with Gasteiger partial charge in [-0.25, -0.2) is 0 Å². The zero-order valence-corrected chi connectivity index (χ0v) is 8.19. The fourth-order valence-electron chi connectivity index (χ4n) is 2.96. The minimum atomic E-state index is -4.43. The Labute approximate surface area is 84.6 Å². The number of hydrogen-bond donors (Lipinski definition) is 2. The maximum absolute atomic E-state index is 12.8. The number of piperidine rings is 1. The Morgan fingerprint density at radius 2 is 2.20 bits per heavy atom. The number of aliphatic carboxylic acids is 1. The fraction of sp³-hybridized carbons (Fsp3) is 0.889. The quantitative estimate of drug-likeness (QED) is 0.743. The highest BCUT2D eigenvalue weighted by Gasteiger charge is 2.87. The summed E-state index contributed by atoms with van der Waals surface area (Å²) in [5, 5.41) is 11.7. The van der Waals surface area contributed by atoms with Gasteiger partial charge in [-0.3, -0.25) is 4.79 Å². The average Bonchev–Trinajstić information content (AvgIpc) is 2.70. The van der Waals surface area contributed by atoms with Crippen molar-refractivity contribution in [3.05, 3.63) is 0 Å². The Bertz CT molecular complexity index is 317. The number of halogens is 3. The van der Waals surface area contributed by atoms with E-state index in [1.807, 2.05) is 0 Å². The molecule has 1 aliphatic carbocycles. The summed E-state index contributed by atoms with van der Waals surface area (Å²) in [6, 6.07) is -0.559. The molecule has 2 fully saturated rings. The predicted octanol–water partition coefficient (Wildman–Crippen LogP) is 1.39. The Morgan fingerprint density at radius 3 is 2.53 bits per heavy atom. The summed E-state index contributed by atoms with van der Waals surface area (Å²) in [5.74, 6) is -1.32. The summed E-state index contributed by atoms with van der Waals surface area (Å²) >= 11 is 0. The molecule has 2 aliphatic rings. The van der Waals surface area contributed by atoms with Crippen molar-refractivity contribution in [1.29, 1.82) is 0 Å². The number of hydrogen-bond acceptors (Lipinski definition) is 2. The Balaban J connectivity index is 2.39. The normalized spacial score (nSPS) is 43.9. The molecule has 3 atom stereocenters. The van der Waals surface area contributed by atoms with E-state index in [2.05, 4.69) is 5.32 Å². The van der Waals surface area contributed by atoms with E-state index in [0.717, 1.165) is 0 Å². The second-order valence-corrected chi connectivity index (χ2v) is 4.37. The Hall–Kier alpha value is -0.780. The second-order valence-electron chi connectivity index (χ2n) is 4.37. The van der Waals surface area contributed by atoms with Gasteiger partial charge in [0.2, 0.25) is 0 Å². The molecule has 2 rings (SSSR count). The number of nitrogens with one attached hydrogen (secondary N) is 1. The van der Waals surface area contributed by atoms with Crippen LogP contribution in [0.4, 0.5) is 13.2 Å². The van der Waals surface area contributed by atoms with Crippen molar-refractivity contribution in [3.63, 3.8) is 0 Å². The van der Waals surface area contributed by atoms with Crippen LogP contribution in [0, 0.1) is 10.8 Å². The van der Waals surface area contributed by atoms with E-state index in [1.54, 1.807) is 6.92 Å². The summed E-state index contributed by atoms with van der Waals surface area (Å²) in [6.07, 6.45) is -4.29. The topological polar surface area (TPSA) is 49.3 Å². The molecular weight excluding hydrogens is 211 g/mol. The van der Waals surface area contributed by atoms with Crippen LogP contribution in [0.15, 0.2) is 0 Å². The molecule has 0 aromatic rings. The third-order valence-corrected chi connectivity index (χ3v) is 3.89. The maximum Gasteiger partial charge on any atom is 0.396 e. The lowest BCUT2D eigenvalue weighted by Crippen LogP contribution is -2.37. The number of alkyl halides is 3. The molecule has 0 spiro atoms. The van der Waals surface area contributed by atoms with Gasteiger partial charge >= 0.3 is 12.1 Å². The van der Waals surface area contributed by atoms with Crippen molar-refractivity contribution in [2.24, 2.45) is 10.8 Å². The number of carbonyl (C=O) groups is 1. The Morgan fingerprint density at radius 1 is 1.60 bits per heavy atom. The van der Waals surface area contributed by atoms with Gasteiger partial charge in [0, 0.05) is 12.6 Å². The molecule has 0 bridgehead atoms. The van der Waals surface area contributed by atoms with Crippen LogP contribution in [0.5, 0.6) is 0 Å². The number of carboxylic acid groups (broad SMARTS) is 1. The summed E-state index contributed by atoms with van der Waals surface area (Å²) in [4.78, 5) is 11.0.